The van der Waals surface area contributed by atoms with Crippen LogP contribution in [0, 0.1) is 13.8 Å². The molecule has 1 aliphatic carbocycles. The van der Waals surface area contributed by atoms with Crippen LogP contribution in [-0.4, -0.2) is 13.7 Å². The number of hydrogen-bond donors (Lipinski definition) is 1. The molecule has 2 nitrogen and oxygen atoms in total. The molecule has 2 rings (SSSR count). The highest BCUT2D eigenvalue weighted by molar-refractivity contribution is 5.47. The SMILES string of the molecule is COc1cc(C)c(C)cc1C1(CCN)CCC1. The summed E-state index contributed by atoms with van der Waals surface area (Å²) in [4.78, 5) is 0. The van der Waals surface area contributed by atoms with E-state index in [0.29, 0.717) is 5.41 Å². The predicted octanol–water partition coefficient (Wildman–Crippen LogP) is 3.08. The number of benzene rings is 1. The molecular formula is C15H23NO. The second kappa shape index (κ2) is 4.69. The molecule has 17 heavy (non-hydrogen) atoms. The zero-order valence-corrected chi connectivity index (χ0v) is 11.2. The van der Waals surface area contributed by atoms with Gasteiger partial charge in [0, 0.05) is 11.0 Å². The fourth-order valence-corrected chi connectivity index (χ4v) is 2.91. The van der Waals surface area contributed by atoms with Crippen LogP contribution in [0.3, 0.4) is 0 Å². The van der Waals surface area contributed by atoms with E-state index < -0.39 is 0 Å². The van der Waals surface area contributed by atoms with Crippen molar-refractivity contribution >= 4 is 0 Å². The molecule has 0 aromatic heterocycles. The standard InChI is InChI=1S/C15H23NO/c1-11-9-13(14(17-3)10-12(11)2)15(7-8-16)5-4-6-15/h9-10H,4-8,16H2,1-3H3. The van der Waals surface area contributed by atoms with Gasteiger partial charge < -0.3 is 10.5 Å². The first kappa shape index (κ1) is 12.4. The lowest BCUT2D eigenvalue weighted by atomic mass is 9.62. The monoisotopic (exact) mass is 233 g/mol. The molecule has 1 aliphatic rings. The van der Waals surface area contributed by atoms with Crippen molar-refractivity contribution in [2.45, 2.75) is 44.9 Å². The molecule has 0 unspecified atom stereocenters. The maximum absolute atomic E-state index is 5.78. The minimum absolute atomic E-state index is 0.290. The van der Waals surface area contributed by atoms with Crippen molar-refractivity contribution in [1.82, 2.24) is 0 Å². The fraction of sp³-hybridized carbons (Fsp3) is 0.600. The lowest BCUT2D eigenvalue weighted by molar-refractivity contribution is 0.221. The minimum Gasteiger partial charge on any atom is -0.496 e. The van der Waals surface area contributed by atoms with Crippen LogP contribution in [-0.2, 0) is 5.41 Å². The number of hydrogen-bond acceptors (Lipinski definition) is 2. The van der Waals surface area contributed by atoms with Gasteiger partial charge in [0.2, 0.25) is 0 Å². The Morgan fingerprint density at radius 2 is 1.88 bits per heavy atom. The third-order valence-electron chi connectivity index (χ3n) is 4.32. The van der Waals surface area contributed by atoms with Gasteiger partial charge in [-0.3, -0.25) is 0 Å². The van der Waals surface area contributed by atoms with Gasteiger partial charge in [0.15, 0.2) is 0 Å². The summed E-state index contributed by atoms with van der Waals surface area (Å²) < 4.78 is 5.57. The van der Waals surface area contributed by atoms with Gasteiger partial charge in [-0.15, -0.1) is 0 Å². The summed E-state index contributed by atoms with van der Waals surface area (Å²) in [5.41, 5.74) is 10.1. The fourth-order valence-electron chi connectivity index (χ4n) is 2.91. The van der Waals surface area contributed by atoms with Gasteiger partial charge in [-0.2, -0.15) is 0 Å². The van der Waals surface area contributed by atoms with Crippen LogP contribution in [0.25, 0.3) is 0 Å². The van der Waals surface area contributed by atoms with Crippen LogP contribution in [0.2, 0.25) is 0 Å². The Kier molecular flexibility index (Phi) is 3.43. The summed E-state index contributed by atoms with van der Waals surface area (Å²) in [5, 5.41) is 0. The molecule has 0 atom stereocenters. The summed E-state index contributed by atoms with van der Waals surface area (Å²) >= 11 is 0. The largest absolute Gasteiger partial charge is 0.496 e. The summed E-state index contributed by atoms with van der Waals surface area (Å²) in [5.74, 6) is 1.04. The topological polar surface area (TPSA) is 35.2 Å². The highest BCUT2D eigenvalue weighted by Gasteiger charge is 2.39. The molecule has 2 heteroatoms. The molecule has 94 valence electrons. The summed E-state index contributed by atoms with van der Waals surface area (Å²) in [6.07, 6.45) is 4.90. The zero-order chi connectivity index (χ0) is 12.5. The van der Waals surface area contributed by atoms with Gasteiger partial charge in [-0.05, 0) is 56.8 Å². The normalized spacial score (nSPS) is 17.6. The van der Waals surface area contributed by atoms with E-state index in [1.807, 2.05) is 0 Å². The Balaban J connectivity index is 2.45. The maximum atomic E-state index is 5.78. The summed E-state index contributed by atoms with van der Waals surface area (Å²) in [7, 11) is 1.77. The number of ether oxygens (including phenoxy) is 1. The van der Waals surface area contributed by atoms with E-state index in [1.165, 1.54) is 36.0 Å². The maximum Gasteiger partial charge on any atom is 0.122 e. The molecule has 0 radical (unpaired) electrons. The minimum atomic E-state index is 0.290. The molecule has 2 N–H and O–H groups in total. The first-order valence-corrected chi connectivity index (χ1v) is 6.49. The Morgan fingerprint density at radius 3 is 2.35 bits per heavy atom. The van der Waals surface area contributed by atoms with E-state index in [4.69, 9.17) is 10.5 Å². The van der Waals surface area contributed by atoms with Gasteiger partial charge in [0.05, 0.1) is 7.11 Å². The molecule has 1 saturated carbocycles. The van der Waals surface area contributed by atoms with E-state index >= 15 is 0 Å². The Bertz CT molecular complexity index is 408. The van der Waals surface area contributed by atoms with E-state index in [-0.39, 0.29) is 0 Å². The molecule has 0 bridgehead atoms. The zero-order valence-electron chi connectivity index (χ0n) is 11.2. The molecule has 0 saturated heterocycles. The van der Waals surface area contributed by atoms with Crippen LogP contribution in [0.1, 0.15) is 42.4 Å². The molecule has 1 fully saturated rings. The van der Waals surface area contributed by atoms with Crippen LogP contribution in [0.4, 0.5) is 0 Å². The second-order valence-corrected chi connectivity index (χ2v) is 5.31. The Labute approximate surface area is 104 Å². The quantitative estimate of drug-likeness (QED) is 0.867. The van der Waals surface area contributed by atoms with Crippen molar-refractivity contribution in [2.24, 2.45) is 5.73 Å². The van der Waals surface area contributed by atoms with Gasteiger partial charge >= 0.3 is 0 Å². The Hall–Kier alpha value is -1.02. The van der Waals surface area contributed by atoms with Crippen molar-refractivity contribution in [3.05, 3.63) is 28.8 Å². The number of nitrogens with two attached hydrogens (primary N) is 1. The van der Waals surface area contributed by atoms with E-state index in [2.05, 4.69) is 26.0 Å². The Morgan fingerprint density at radius 1 is 1.24 bits per heavy atom. The van der Waals surface area contributed by atoms with Crippen molar-refractivity contribution < 1.29 is 4.74 Å². The second-order valence-electron chi connectivity index (χ2n) is 5.31. The summed E-state index contributed by atoms with van der Waals surface area (Å²) in [6.45, 7) is 5.07. The summed E-state index contributed by atoms with van der Waals surface area (Å²) in [6, 6.07) is 4.48. The molecule has 0 amide bonds. The average Bonchev–Trinajstić information content (AvgIpc) is 2.27. The highest BCUT2D eigenvalue weighted by Crippen LogP contribution is 2.49. The predicted molar refractivity (Wildman–Crippen MR) is 71.7 cm³/mol. The number of rotatable bonds is 4. The van der Waals surface area contributed by atoms with Gasteiger partial charge in [0.25, 0.3) is 0 Å². The first-order chi connectivity index (χ1) is 8.13. The molecular weight excluding hydrogens is 210 g/mol. The van der Waals surface area contributed by atoms with Gasteiger partial charge in [-0.1, -0.05) is 12.5 Å². The van der Waals surface area contributed by atoms with E-state index in [9.17, 15) is 0 Å². The van der Waals surface area contributed by atoms with Crippen LogP contribution < -0.4 is 10.5 Å². The molecule has 0 spiro atoms. The number of aryl methyl sites for hydroxylation is 2. The van der Waals surface area contributed by atoms with Crippen molar-refractivity contribution in [3.63, 3.8) is 0 Å². The average molecular weight is 233 g/mol. The van der Waals surface area contributed by atoms with Crippen LogP contribution >= 0.6 is 0 Å². The van der Waals surface area contributed by atoms with Crippen molar-refractivity contribution in [2.75, 3.05) is 13.7 Å². The third-order valence-corrected chi connectivity index (χ3v) is 4.32. The molecule has 1 aromatic carbocycles. The molecule has 0 heterocycles. The first-order valence-electron chi connectivity index (χ1n) is 6.49. The van der Waals surface area contributed by atoms with E-state index in [0.717, 1.165) is 18.7 Å². The van der Waals surface area contributed by atoms with Crippen molar-refractivity contribution in [1.29, 1.82) is 0 Å². The lowest BCUT2D eigenvalue weighted by Crippen LogP contribution is -2.36. The third kappa shape index (κ3) is 2.06. The van der Waals surface area contributed by atoms with Crippen molar-refractivity contribution in [3.8, 4) is 5.75 Å². The van der Waals surface area contributed by atoms with Gasteiger partial charge in [0.1, 0.15) is 5.75 Å². The van der Waals surface area contributed by atoms with Crippen LogP contribution in [0.15, 0.2) is 12.1 Å². The lowest BCUT2D eigenvalue weighted by Gasteiger charge is -2.43. The smallest absolute Gasteiger partial charge is 0.122 e. The van der Waals surface area contributed by atoms with Gasteiger partial charge in [-0.25, -0.2) is 0 Å². The van der Waals surface area contributed by atoms with E-state index in [1.54, 1.807) is 7.11 Å². The number of methoxy groups -OCH3 is 1. The van der Waals surface area contributed by atoms with Crippen LogP contribution in [0.5, 0.6) is 5.75 Å². The molecule has 0 aliphatic heterocycles. The molecule has 1 aromatic rings. The highest BCUT2D eigenvalue weighted by atomic mass is 16.5.